The summed E-state index contributed by atoms with van der Waals surface area (Å²) in [6.45, 7) is 1.41. The van der Waals surface area contributed by atoms with E-state index < -0.39 is 0 Å². The number of fused-ring (bicyclic) bond motifs is 1. The molecule has 0 unspecified atom stereocenters. The first-order valence-electron chi connectivity index (χ1n) is 11.0. The molecule has 0 saturated carbocycles. The lowest BCUT2D eigenvalue weighted by Crippen LogP contribution is -2.35. The second-order valence-electron chi connectivity index (χ2n) is 7.95. The second-order valence-corrected chi connectivity index (χ2v) is 7.95. The molecule has 5 rings (SSSR count). The number of nitrogens with zero attached hydrogens (tertiary/aromatic N) is 2. The molecule has 0 spiro atoms. The summed E-state index contributed by atoms with van der Waals surface area (Å²) in [6.07, 6.45) is 2.56. The predicted octanol–water partition coefficient (Wildman–Crippen LogP) is 5.66. The number of para-hydroxylation sites is 2. The van der Waals surface area contributed by atoms with Crippen LogP contribution in [0, 0.1) is 0 Å². The number of carbonyl (C=O) groups is 1. The molecule has 0 bridgehead atoms. The first-order chi connectivity index (χ1) is 16.2. The lowest BCUT2D eigenvalue weighted by Gasteiger charge is -2.26. The van der Waals surface area contributed by atoms with E-state index in [0.29, 0.717) is 13.1 Å². The maximum atomic E-state index is 12.5. The van der Waals surface area contributed by atoms with Gasteiger partial charge in [0.25, 0.3) is 0 Å². The van der Waals surface area contributed by atoms with Crippen molar-refractivity contribution in [3.63, 3.8) is 0 Å². The number of hydrogen-bond donors (Lipinski definition) is 1. The topological polar surface area (TPSA) is 67.4 Å². The van der Waals surface area contributed by atoms with Crippen molar-refractivity contribution in [2.75, 3.05) is 20.2 Å². The van der Waals surface area contributed by atoms with Gasteiger partial charge in [-0.05, 0) is 35.8 Å². The molecule has 1 aliphatic rings. The van der Waals surface area contributed by atoms with E-state index in [9.17, 15) is 4.79 Å². The average Bonchev–Trinajstić information content (AvgIpc) is 3.32. The van der Waals surface area contributed by atoms with E-state index in [4.69, 9.17) is 14.5 Å². The van der Waals surface area contributed by atoms with Gasteiger partial charge in [0.1, 0.15) is 18.2 Å². The van der Waals surface area contributed by atoms with E-state index in [0.717, 1.165) is 45.7 Å². The quantitative estimate of drug-likeness (QED) is 0.435. The van der Waals surface area contributed by atoms with Crippen molar-refractivity contribution in [2.24, 2.45) is 0 Å². The van der Waals surface area contributed by atoms with Gasteiger partial charge < -0.3 is 19.4 Å². The second kappa shape index (κ2) is 9.20. The van der Waals surface area contributed by atoms with Crippen molar-refractivity contribution in [1.82, 2.24) is 14.9 Å². The number of imidazole rings is 1. The Hall–Kier alpha value is -4.06. The highest BCUT2D eigenvalue weighted by atomic mass is 16.6. The van der Waals surface area contributed by atoms with Gasteiger partial charge in [-0.3, -0.25) is 0 Å². The molecule has 1 amide bonds. The molecule has 4 aromatic rings. The lowest BCUT2D eigenvalue weighted by molar-refractivity contribution is 0.0998. The van der Waals surface area contributed by atoms with Gasteiger partial charge in [0.05, 0.1) is 23.7 Å². The normalized spacial score (nSPS) is 13.6. The standard InChI is InChI=1S/C27H25N3O3/c1-32-24-13-6-5-10-22(24)26-28-23-12-7-11-21(25(23)29-26)20-14-16-30(17-15-20)27(31)33-18-19-8-3-2-4-9-19/h2-14H,15-18H2,1H3,(H,28,29). The monoisotopic (exact) mass is 439 g/mol. The summed E-state index contributed by atoms with van der Waals surface area (Å²) in [7, 11) is 1.66. The highest BCUT2D eigenvalue weighted by molar-refractivity contribution is 5.92. The number of hydrogen-bond acceptors (Lipinski definition) is 4. The van der Waals surface area contributed by atoms with Gasteiger partial charge in [-0.1, -0.05) is 60.7 Å². The van der Waals surface area contributed by atoms with E-state index in [-0.39, 0.29) is 12.7 Å². The van der Waals surface area contributed by atoms with Crippen LogP contribution >= 0.6 is 0 Å². The Morgan fingerprint density at radius 1 is 1.00 bits per heavy atom. The van der Waals surface area contributed by atoms with E-state index >= 15 is 0 Å². The number of aromatic amines is 1. The van der Waals surface area contributed by atoms with Gasteiger partial charge in [0.2, 0.25) is 0 Å². The molecule has 0 atom stereocenters. The van der Waals surface area contributed by atoms with Crippen molar-refractivity contribution >= 4 is 22.7 Å². The Morgan fingerprint density at radius 3 is 2.58 bits per heavy atom. The molecule has 0 fully saturated rings. The molecule has 2 heterocycles. The van der Waals surface area contributed by atoms with Crippen LogP contribution in [0.3, 0.4) is 0 Å². The summed E-state index contributed by atoms with van der Waals surface area (Å²) in [5, 5.41) is 0. The van der Waals surface area contributed by atoms with Crippen molar-refractivity contribution in [3.8, 4) is 17.1 Å². The Morgan fingerprint density at radius 2 is 1.79 bits per heavy atom. The number of methoxy groups -OCH3 is 1. The summed E-state index contributed by atoms with van der Waals surface area (Å²) in [4.78, 5) is 22.6. The first-order valence-corrected chi connectivity index (χ1v) is 11.0. The number of nitrogens with one attached hydrogen (secondary N) is 1. The number of ether oxygens (including phenoxy) is 2. The molecule has 33 heavy (non-hydrogen) atoms. The first kappa shape index (κ1) is 20.8. The van der Waals surface area contributed by atoms with Crippen LogP contribution in [0.5, 0.6) is 5.75 Å². The summed E-state index contributed by atoms with van der Waals surface area (Å²) in [5.41, 5.74) is 6.07. The van der Waals surface area contributed by atoms with E-state index in [2.05, 4.69) is 17.1 Å². The van der Waals surface area contributed by atoms with E-state index in [1.165, 1.54) is 5.57 Å². The fourth-order valence-corrected chi connectivity index (χ4v) is 4.15. The zero-order valence-corrected chi connectivity index (χ0v) is 18.5. The van der Waals surface area contributed by atoms with Crippen molar-refractivity contribution in [1.29, 1.82) is 0 Å². The Balaban J connectivity index is 1.34. The third-order valence-corrected chi connectivity index (χ3v) is 5.89. The number of amides is 1. The van der Waals surface area contributed by atoms with Crippen LogP contribution in [0.4, 0.5) is 4.79 Å². The van der Waals surface area contributed by atoms with E-state index in [1.54, 1.807) is 12.0 Å². The molecule has 1 aliphatic heterocycles. The van der Waals surface area contributed by atoms with Gasteiger partial charge in [-0.15, -0.1) is 0 Å². The lowest BCUT2D eigenvalue weighted by atomic mass is 9.98. The molecule has 166 valence electrons. The number of aromatic nitrogens is 2. The van der Waals surface area contributed by atoms with Gasteiger partial charge in [0, 0.05) is 18.7 Å². The van der Waals surface area contributed by atoms with Crippen LogP contribution < -0.4 is 4.74 Å². The van der Waals surface area contributed by atoms with Crippen LogP contribution in [0.15, 0.2) is 78.9 Å². The molecule has 0 aliphatic carbocycles. The highest BCUT2D eigenvalue weighted by Crippen LogP contribution is 2.33. The molecule has 0 radical (unpaired) electrons. The molecule has 1 N–H and O–H groups in total. The summed E-state index contributed by atoms with van der Waals surface area (Å²) in [5.74, 6) is 1.55. The zero-order valence-electron chi connectivity index (χ0n) is 18.5. The largest absolute Gasteiger partial charge is 0.496 e. The highest BCUT2D eigenvalue weighted by Gasteiger charge is 2.21. The minimum absolute atomic E-state index is 0.283. The minimum atomic E-state index is -0.286. The van der Waals surface area contributed by atoms with Crippen molar-refractivity contribution < 1.29 is 14.3 Å². The molecular formula is C27H25N3O3. The SMILES string of the molecule is COc1ccccc1-c1nc2c(C3=CCN(C(=O)OCc4ccccc4)CC3)cccc2[nH]1. The smallest absolute Gasteiger partial charge is 0.410 e. The summed E-state index contributed by atoms with van der Waals surface area (Å²) in [6, 6.07) is 23.7. The van der Waals surface area contributed by atoms with Crippen LogP contribution in [0.2, 0.25) is 0 Å². The molecule has 6 heteroatoms. The van der Waals surface area contributed by atoms with Crippen LogP contribution in [0.25, 0.3) is 28.0 Å². The van der Waals surface area contributed by atoms with Gasteiger partial charge in [-0.2, -0.15) is 0 Å². The Kier molecular flexibility index (Phi) is 5.81. The summed E-state index contributed by atoms with van der Waals surface area (Å²) >= 11 is 0. The fraction of sp³-hybridized carbons (Fsp3) is 0.185. The maximum absolute atomic E-state index is 12.5. The summed E-state index contributed by atoms with van der Waals surface area (Å²) < 4.78 is 11.0. The Bertz CT molecular complexity index is 1310. The fourth-order valence-electron chi connectivity index (χ4n) is 4.15. The maximum Gasteiger partial charge on any atom is 0.410 e. The third kappa shape index (κ3) is 4.32. The number of carbonyl (C=O) groups excluding carboxylic acids is 1. The Labute approximate surface area is 192 Å². The average molecular weight is 440 g/mol. The molecular weight excluding hydrogens is 414 g/mol. The third-order valence-electron chi connectivity index (χ3n) is 5.89. The van der Waals surface area contributed by atoms with Gasteiger partial charge >= 0.3 is 6.09 Å². The van der Waals surface area contributed by atoms with Crippen LogP contribution in [-0.2, 0) is 11.3 Å². The zero-order chi connectivity index (χ0) is 22.6. The van der Waals surface area contributed by atoms with Gasteiger partial charge in [0.15, 0.2) is 0 Å². The molecule has 0 saturated heterocycles. The molecule has 3 aromatic carbocycles. The number of H-pyrrole nitrogens is 1. The minimum Gasteiger partial charge on any atom is -0.496 e. The van der Waals surface area contributed by atoms with Crippen molar-refractivity contribution in [2.45, 2.75) is 13.0 Å². The predicted molar refractivity (Wildman–Crippen MR) is 129 cm³/mol. The number of benzene rings is 3. The van der Waals surface area contributed by atoms with Crippen LogP contribution in [-0.4, -0.2) is 41.2 Å². The number of rotatable bonds is 5. The molecule has 6 nitrogen and oxygen atoms in total. The van der Waals surface area contributed by atoms with Crippen molar-refractivity contribution in [3.05, 3.63) is 90.0 Å². The van der Waals surface area contributed by atoms with Crippen LogP contribution in [0.1, 0.15) is 17.5 Å². The molecule has 1 aromatic heterocycles. The van der Waals surface area contributed by atoms with E-state index in [1.807, 2.05) is 66.7 Å². The van der Waals surface area contributed by atoms with Gasteiger partial charge in [-0.25, -0.2) is 9.78 Å².